The van der Waals surface area contributed by atoms with Crippen LogP contribution in [0.5, 0.6) is 0 Å². The Labute approximate surface area is 147 Å². The summed E-state index contributed by atoms with van der Waals surface area (Å²) >= 11 is 1.69. The first-order valence-corrected chi connectivity index (χ1v) is 8.89. The molecule has 0 amide bonds. The van der Waals surface area contributed by atoms with Gasteiger partial charge in [-0.25, -0.2) is 4.98 Å². The molecule has 1 aliphatic heterocycles. The fraction of sp³-hybridized carbons (Fsp3) is 0.444. The molecule has 5 heteroatoms. The molecule has 0 unspecified atom stereocenters. The molecular weight excluding hydrogens is 328 g/mol. The van der Waals surface area contributed by atoms with E-state index in [1.165, 1.54) is 11.3 Å². The highest BCUT2D eigenvalue weighted by molar-refractivity contribution is 7.12. The third-order valence-electron chi connectivity index (χ3n) is 4.13. The van der Waals surface area contributed by atoms with Gasteiger partial charge in [0.1, 0.15) is 5.01 Å². The molecule has 1 aromatic heterocycles. The number of aryl methyl sites for hydroxylation is 1. The normalized spacial score (nSPS) is 17.5. The number of halogens is 1. The van der Waals surface area contributed by atoms with Gasteiger partial charge in [-0.3, -0.25) is 4.79 Å². The molecular formula is C18H23ClN2OS. The average molecular weight is 351 g/mol. The van der Waals surface area contributed by atoms with E-state index >= 15 is 0 Å². The van der Waals surface area contributed by atoms with Crippen LogP contribution in [0, 0.1) is 0 Å². The summed E-state index contributed by atoms with van der Waals surface area (Å²) in [6.07, 6.45) is 4.71. The van der Waals surface area contributed by atoms with Gasteiger partial charge in [-0.1, -0.05) is 43.7 Å². The highest BCUT2D eigenvalue weighted by atomic mass is 35.5. The Morgan fingerprint density at radius 1 is 1.30 bits per heavy atom. The summed E-state index contributed by atoms with van der Waals surface area (Å²) in [6, 6.07) is 10.3. The number of carbonyl (C=O) groups is 1. The van der Waals surface area contributed by atoms with Crippen molar-refractivity contribution in [1.29, 1.82) is 0 Å². The van der Waals surface area contributed by atoms with Crippen molar-refractivity contribution >= 4 is 29.5 Å². The number of benzene rings is 1. The first-order valence-electron chi connectivity index (χ1n) is 8.08. The molecule has 3 rings (SSSR count). The van der Waals surface area contributed by atoms with Gasteiger partial charge in [0, 0.05) is 10.4 Å². The predicted octanol–water partition coefficient (Wildman–Crippen LogP) is 4.05. The van der Waals surface area contributed by atoms with Crippen LogP contribution in [0.15, 0.2) is 30.3 Å². The third kappa shape index (κ3) is 4.40. The maximum Gasteiger partial charge on any atom is 0.156 e. The van der Waals surface area contributed by atoms with Gasteiger partial charge in [-0.05, 0) is 25.8 Å². The zero-order valence-electron chi connectivity index (χ0n) is 13.4. The molecule has 0 bridgehead atoms. The van der Waals surface area contributed by atoms with E-state index in [9.17, 15) is 4.79 Å². The van der Waals surface area contributed by atoms with Crippen LogP contribution in [-0.2, 0) is 17.6 Å². The van der Waals surface area contributed by atoms with Crippen molar-refractivity contribution in [2.45, 2.75) is 45.1 Å². The summed E-state index contributed by atoms with van der Waals surface area (Å²) in [5, 5.41) is 4.29. The lowest BCUT2D eigenvalue weighted by molar-refractivity contribution is -0.120. The molecule has 1 saturated heterocycles. The van der Waals surface area contributed by atoms with Crippen molar-refractivity contribution in [3.05, 3.63) is 40.2 Å². The maximum atomic E-state index is 12.4. The topological polar surface area (TPSA) is 42.0 Å². The Bertz CT molecular complexity index is 636. The van der Waals surface area contributed by atoms with E-state index in [4.69, 9.17) is 4.98 Å². The van der Waals surface area contributed by atoms with E-state index in [1.54, 1.807) is 11.3 Å². The summed E-state index contributed by atoms with van der Waals surface area (Å²) in [5.41, 5.74) is 2.19. The minimum Gasteiger partial charge on any atom is -0.307 e. The Morgan fingerprint density at radius 2 is 2.09 bits per heavy atom. The fourth-order valence-corrected chi connectivity index (χ4v) is 3.98. The standard InChI is InChI=1S/C18H22N2OS.ClH/c1-2-16-18(13-8-4-3-5-9-13)20-17(22-16)12-15(21)14-10-6-7-11-19-14;/h3-5,8-9,14,19H,2,6-7,10-12H2,1H3;1H/t14-;/m0./s1. The lowest BCUT2D eigenvalue weighted by Crippen LogP contribution is -2.41. The van der Waals surface area contributed by atoms with Gasteiger partial charge >= 0.3 is 0 Å². The summed E-state index contributed by atoms with van der Waals surface area (Å²) in [7, 11) is 0. The van der Waals surface area contributed by atoms with Crippen molar-refractivity contribution in [2.75, 3.05) is 6.54 Å². The highest BCUT2D eigenvalue weighted by Gasteiger charge is 2.22. The van der Waals surface area contributed by atoms with E-state index in [1.807, 2.05) is 18.2 Å². The van der Waals surface area contributed by atoms with Crippen LogP contribution in [0.25, 0.3) is 11.3 Å². The van der Waals surface area contributed by atoms with Gasteiger partial charge in [0.2, 0.25) is 0 Å². The molecule has 1 N–H and O–H groups in total. The molecule has 1 aromatic carbocycles. The summed E-state index contributed by atoms with van der Waals surface area (Å²) in [4.78, 5) is 18.4. The Hall–Kier alpha value is -1.23. The number of rotatable bonds is 5. The molecule has 0 saturated carbocycles. The van der Waals surface area contributed by atoms with Crippen molar-refractivity contribution in [3.63, 3.8) is 0 Å². The Balaban J connectivity index is 0.00000192. The van der Waals surface area contributed by atoms with Crippen LogP contribution in [0.4, 0.5) is 0 Å². The van der Waals surface area contributed by atoms with E-state index in [0.29, 0.717) is 6.42 Å². The zero-order chi connectivity index (χ0) is 15.4. The SMILES string of the molecule is CCc1sc(CC(=O)[C@@H]2CCCCN2)nc1-c1ccccc1.Cl. The lowest BCUT2D eigenvalue weighted by Gasteiger charge is -2.21. The quantitative estimate of drug-likeness (QED) is 0.884. The number of Topliss-reactive ketones (excluding diaryl/α,β-unsaturated/α-hetero) is 1. The summed E-state index contributed by atoms with van der Waals surface area (Å²) in [5.74, 6) is 0.288. The largest absolute Gasteiger partial charge is 0.307 e. The Kier molecular flexibility index (Phi) is 6.75. The molecule has 1 fully saturated rings. The first-order chi connectivity index (χ1) is 10.8. The highest BCUT2D eigenvalue weighted by Crippen LogP contribution is 2.29. The first kappa shape index (κ1) is 18.1. The molecule has 23 heavy (non-hydrogen) atoms. The van der Waals surface area contributed by atoms with Gasteiger partial charge in [0.25, 0.3) is 0 Å². The molecule has 2 aromatic rings. The van der Waals surface area contributed by atoms with Crippen LogP contribution in [0.2, 0.25) is 0 Å². The van der Waals surface area contributed by atoms with Crippen LogP contribution in [0.3, 0.4) is 0 Å². The molecule has 0 spiro atoms. The van der Waals surface area contributed by atoms with E-state index in [0.717, 1.165) is 42.1 Å². The van der Waals surface area contributed by atoms with Gasteiger partial charge in [0.05, 0.1) is 18.2 Å². The van der Waals surface area contributed by atoms with Crippen molar-refractivity contribution < 1.29 is 4.79 Å². The molecule has 124 valence electrons. The summed E-state index contributed by atoms with van der Waals surface area (Å²) < 4.78 is 0. The summed E-state index contributed by atoms with van der Waals surface area (Å²) in [6.45, 7) is 3.11. The Morgan fingerprint density at radius 3 is 2.74 bits per heavy atom. The van der Waals surface area contributed by atoms with Crippen LogP contribution < -0.4 is 5.32 Å². The van der Waals surface area contributed by atoms with Crippen LogP contribution in [-0.4, -0.2) is 23.4 Å². The number of hydrogen-bond donors (Lipinski definition) is 1. The molecule has 0 radical (unpaired) electrons. The van der Waals surface area contributed by atoms with E-state index < -0.39 is 0 Å². The molecule has 2 heterocycles. The van der Waals surface area contributed by atoms with E-state index in [-0.39, 0.29) is 24.2 Å². The van der Waals surface area contributed by atoms with Gasteiger partial charge in [-0.15, -0.1) is 23.7 Å². The second-order valence-electron chi connectivity index (χ2n) is 5.74. The van der Waals surface area contributed by atoms with Gasteiger partial charge in [-0.2, -0.15) is 0 Å². The predicted molar refractivity (Wildman–Crippen MR) is 98.5 cm³/mol. The zero-order valence-corrected chi connectivity index (χ0v) is 15.0. The lowest BCUT2D eigenvalue weighted by atomic mass is 9.99. The van der Waals surface area contributed by atoms with Crippen molar-refractivity contribution in [1.82, 2.24) is 10.3 Å². The number of carbonyl (C=O) groups excluding carboxylic acids is 1. The molecule has 0 aliphatic carbocycles. The van der Waals surface area contributed by atoms with Gasteiger partial charge < -0.3 is 5.32 Å². The van der Waals surface area contributed by atoms with Crippen molar-refractivity contribution in [3.8, 4) is 11.3 Å². The number of thiazole rings is 1. The van der Waals surface area contributed by atoms with E-state index in [2.05, 4.69) is 24.4 Å². The number of nitrogens with one attached hydrogen (secondary N) is 1. The second-order valence-corrected chi connectivity index (χ2v) is 6.91. The van der Waals surface area contributed by atoms with Crippen molar-refractivity contribution in [2.24, 2.45) is 0 Å². The monoisotopic (exact) mass is 350 g/mol. The molecule has 1 atom stereocenters. The van der Waals surface area contributed by atoms with Crippen LogP contribution in [0.1, 0.15) is 36.1 Å². The number of piperidine rings is 1. The fourth-order valence-electron chi connectivity index (χ4n) is 2.94. The molecule has 1 aliphatic rings. The number of nitrogens with zero attached hydrogens (tertiary/aromatic N) is 1. The average Bonchev–Trinajstić information content (AvgIpc) is 2.99. The maximum absolute atomic E-state index is 12.4. The third-order valence-corrected chi connectivity index (χ3v) is 5.33. The number of hydrogen-bond acceptors (Lipinski definition) is 4. The minimum absolute atomic E-state index is 0. The molecule has 3 nitrogen and oxygen atoms in total. The second kappa shape index (κ2) is 8.57. The minimum atomic E-state index is 0. The smallest absolute Gasteiger partial charge is 0.156 e. The van der Waals surface area contributed by atoms with Gasteiger partial charge in [0.15, 0.2) is 5.78 Å². The number of ketones is 1. The number of aromatic nitrogens is 1. The van der Waals surface area contributed by atoms with Crippen LogP contribution >= 0.6 is 23.7 Å².